The molecule has 1 aliphatic heterocycles. The van der Waals surface area contributed by atoms with E-state index in [0.717, 1.165) is 63.1 Å². The van der Waals surface area contributed by atoms with Crippen molar-refractivity contribution in [1.29, 1.82) is 0 Å². The monoisotopic (exact) mass is 321 g/mol. The molecule has 5 aliphatic rings. The number of aliphatic hydroxyl groups excluding tert-OH is 1. The Balaban J connectivity index is 1.27. The van der Waals surface area contributed by atoms with Crippen LogP contribution in [0.1, 0.15) is 57.8 Å². The molecule has 23 heavy (non-hydrogen) atoms. The maximum atomic E-state index is 12.8. The number of rotatable bonds is 5. The van der Waals surface area contributed by atoms with Crippen LogP contribution >= 0.6 is 0 Å². The highest BCUT2D eigenvalue weighted by atomic mass is 16.5. The molecule has 2 N–H and O–H groups in total. The van der Waals surface area contributed by atoms with Crippen LogP contribution in [-0.4, -0.2) is 36.9 Å². The zero-order valence-electron chi connectivity index (χ0n) is 14.1. The van der Waals surface area contributed by atoms with Crippen molar-refractivity contribution in [3.05, 3.63) is 0 Å². The van der Waals surface area contributed by atoms with E-state index in [1.165, 1.54) is 19.3 Å². The fraction of sp³-hybridized carbons (Fsp3) is 0.947. The standard InChI is InChI=1S/C19H31NO3/c21-17(16-2-5-23-6-3-16)1-4-20-18(22)19-10-13-7-14(11-19)9-15(8-13)12-19/h13-17,21H,1-12H2,(H,20,22)/t13?,14?,15?,17-,19?/m1/s1. The van der Waals surface area contributed by atoms with E-state index in [9.17, 15) is 9.90 Å². The Hall–Kier alpha value is -0.610. The van der Waals surface area contributed by atoms with E-state index in [2.05, 4.69) is 5.32 Å². The lowest BCUT2D eigenvalue weighted by molar-refractivity contribution is -0.146. The van der Waals surface area contributed by atoms with Gasteiger partial charge in [-0.25, -0.2) is 0 Å². The lowest BCUT2D eigenvalue weighted by atomic mass is 9.49. The lowest BCUT2D eigenvalue weighted by Crippen LogP contribution is -2.53. The van der Waals surface area contributed by atoms with Crippen molar-refractivity contribution in [3.63, 3.8) is 0 Å². The van der Waals surface area contributed by atoms with Gasteiger partial charge in [-0.1, -0.05) is 0 Å². The summed E-state index contributed by atoms with van der Waals surface area (Å²) in [5.74, 6) is 3.05. The molecule has 4 heteroatoms. The van der Waals surface area contributed by atoms with E-state index in [4.69, 9.17) is 4.74 Å². The molecule has 130 valence electrons. The number of aliphatic hydroxyl groups is 1. The van der Waals surface area contributed by atoms with Crippen LogP contribution in [0.4, 0.5) is 0 Å². The second kappa shape index (κ2) is 6.36. The Morgan fingerprint density at radius 3 is 2.22 bits per heavy atom. The zero-order chi connectivity index (χ0) is 15.9. The SMILES string of the molecule is O=C(NCC[C@@H](O)C1CCOCC1)C12CC3CC(CC(C3)C1)C2. The van der Waals surface area contributed by atoms with Crippen molar-refractivity contribution in [2.24, 2.45) is 29.1 Å². The molecule has 0 spiro atoms. The Kier molecular flexibility index (Phi) is 4.39. The Morgan fingerprint density at radius 2 is 1.65 bits per heavy atom. The van der Waals surface area contributed by atoms with Gasteiger partial charge >= 0.3 is 0 Å². The number of carbonyl (C=O) groups is 1. The van der Waals surface area contributed by atoms with Gasteiger partial charge in [-0.15, -0.1) is 0 Å². The number of hydrogen-bond donors (Lipinski definition) is 2. The fourth-order valence-electron chi connectivity index (χ4n) is 6.25. The molecule has 0 aromatic carbocycles. The van der Waals surface area contributed by atoms with Crippen LogP contribution in [0.25, 0.3) is 0 Å². The van der Waals surface area contributed by atoms with Crippen LogP contribution < -0.4 is 5.32 Å². The van der Waals surface area contributed by atoms with Crippen LogP contribution in [-0.2, 0) is 9.53 Å². The third-order valence-corrected chi connectivity index (χ3v) is 7.06. The molecule has 4 saturated carbocycles. The molecule has 1 amide bonds. The van der Waals surface area contributed by atoms with Gasteiger partial charge < -0.3 is 15.2 Å². The molecule has 1 atom stereocenters. The van der Waals surface area contributed by atoms with Crippen LogP contribution in [0.2, 0.25) is 0 Å². The topological polar surface area (TPSA) is 58.6 Å². The number of ether oxygens (including phenoxy) is 1. The van der Waals surface area contributed by atoms with Gasteiger partial charge in [-0.05, 0) is 81.5 Å². The van der Waals surface area contributed by atoms with E-state index < -0.39 is 0 Å². The molecule has 1 saturated heterocycles. The van der Waals surface area contributed by atoms with Crippen LogP contribution in [0.5, 0.6) is 0 Å². The van der Waals surface area contributed by atoms with Gasteiger partial charge in [0.15, 0.2) is 0 Å². The molecule has 0 unspecified atom stereocenters. The molecule has 0 aromatic heterocycles. The fourth-order valence-corrected chi connectivity index (χ4v) is 6.25. The van der Waals surface area contributed by atoms with Crippen LogP contribution in [0, 0.1) is 29.1 Å². The van der Waals surface area contributed by atoms with Gasteiger partial charge in [0.1, 0.15) is 0 Å². The van der Waals surface area contributed by atoms with Crippen molar-refractivity contribution in [3.8, 4) is 0 Å². The van der Waals surface area contributed by atoms with Crippen molar-refractivity contribution in [2.45, 2.75) is 63.9 Å². The summed E-state index contributed by atoms with van der Waals surface area (Å²) in [7, 11) is 0. The highest BCUT2D eigenvalue weighted by molar-refractivity contribution is 5.83. The summed E-state index contributed by atoms with van der Waals surface area (Å²) in [4.78, 5) is 12.8. The normalized spacial score (nSPS) is 41.0. The molecule has 5 rings (SSSR count). The molecule has 0 radical (unpaired) electrons. The van der Waals surface area contributed by atoms with Gasteiger partial charge in [0.2, 0.25) is 5.91 Å². The summed E-state index contributed by atoms with van der Waals surface area (Å²) in [6, 6.07) is 0. The highest BCUT2D eigenvalue weighted by Crippen LogP contribution is 2.60. The third-order valence-electron chi connectivity index (χ3n) is 7.06. The van der Waals surface area contributed by atoms with Gasteiger partial charge in [-0.3, -0.25) is 4.79 Å². The summed E-state index contributed by atoms with van der Waals surface area (Å²) < 4.78 is 5.35. The average Bonchev–Trinajstić information content (AvgIpc) is 2.54. The summed E-state index contributed by atoms with van der Waals surface area (Å²) in [6.45, 7) is 2.15. The maximum absolute atomic E-state index is 12.8. The summed E-state index contributed by atoms with van der Waals surface area (Å²) in [5, 5.41) is 13.5. The molecule has 4 aliphatic carbocycles. The predicted octanol–water partition coefficient (Wildman–Crippen LogP) is 2.50. The molecular formula is C19H31NO3. The maximum Gasteiger partial charge on any atom is 0.226 e. The second-order valence-corrected chi connectivity index (χ2v) is 8.76. The molecule has 1 heterocycles. The Labute approximate surface area is 139 Å². The van der Waals surface area contributed by atoms with Crippen molar-refractivity contribution >= 4 is 5.91 Å². The lowest BCUT2D eigenvalue weighted by Gasteiger charge is -2.55. The van der Waals surface area contributed by atoms with Crippen molar-refractivity contribution in [2.75, 3.05) is 19.8 Å². The van der Waals surface area contributed by atoms with Gasteiger partial charge in [0, 0.05) is 25.2 Å². The minimum atomic E-state index is -0.296. The predicted molar refractivity (Wildman–Crippen MR) is 87.8 cm³/mol. The van der Waals surface area contributed by atoms with E-state index >= 15 is 0 Å². The number of nitrogens with one attached hydrogen (secondary N) is 1. The van der Waals surface area contributed by atoms with E-state index in [1.807, 2.05) is 0 Å². The first-order valence-electron chi connectivity index (χ1n) is 9.69. The van der Waals surface area contributed by atoms with E-state index in [-0.39, 0.29) is 17.4 Å². The Bertz CT molecular complexity index is 409. The molecule has 0 aromatic rings. The van der Waals surface area contributed by atoms with Gasteiger partial charge in [0.05, 0.1) is 6.10 Å². The van der Waals surface area contributed by atoms with Crippen molar-refractivity contribution < 1.29 is 14.6 Å². The summed E-state index contributed by atoms with van der Waals surface area (Å²) in [5.41, 5.74) is -0.0572. The smallest absolute Gasteiger partial charge is 0.226 e. The van der Waals surface area contributed by atoms with Crippen LogP contribution in [0.15, 0.2) is 0 Å². The minimum absolute atomic E-state index is 0.0572. The number of carbonyl (C=O) groups excluding carboxylic acids is 1. The third kappa shape index (κ3) is 3.17. The molecule has 5 fully saturated rings. The molecule has 4 bridgehead atoms. The van der Waals surface area contributed by atoms with Gasteiger partial charge in [-0.2, -0.15) is 0 Å². The molecule has 4 nitrogen and oxygen atoms in total. The minimum Gasteiger partial charge on any atom is -0.393 e. The van der Waals surface area contributed by atoms with Crippen LogP contribution in [0.3, 0.4) is 0 Å². The number of amides is 1. The van der Waals surface area contributed by atoms with Crippen molar-refractivity contribution in [1.82, 2.24) is 5.32 Å². The first kappa shape index (κ1) is 15.9. The highest BCUT2D eigenvalue weighted by Gasteiger charge is 2.54. The largest absolute Gasteiger partial charge is 0.393 e. The zero-order valence-corrected chi connectivity index (χ0v) is 14.1. The molecular weight excluding hydrogens is 290 g/mol. The quantitative estimate of drug-likeness (QED) is 0.818. The average molecular weight is 321 g/mol. The Morgan fingerprint density at radius 1 is 1.09 bits per heavy atom. The summed E-state index contributed by atoms with van der Waals surface area (Å²) >= 11 is 0. The second-order valence-electron chi connectivity index (χ2n) is 8.76. The number of hydrogen-bond acceptors (Lipinski definition) is 3. The van der Waals surface area contributed by atoms with Gasteiger partial charge in [0.25, 0.3) is 0 Å². The first-order chi connectivity index (χ1) is 11.1. The first-order valence-corrected chi connectivity index (χ1v) is 9.69. The van der Waals surface area contributed by atoms with E-state index in [0.29, 0.717) is 18.9 Å². The summed E-state index contributed by atoms with van der Waals surface area (Å²) in [6.07, 6.45) is 9.75. The van der Waals surface area contributed by atoms with E-state index in [1.54, 1.807) is 0 Å².